The number of carbonyl (C=O) groups is 3. The van der Waals surface area contributed by atoms with Crippen molar-refractivity contribution in [3.8, 4) is 0 Å². The van der Waals surface area contributed by atoms with Crippen LogP contribution in [0.3, 0.4) is 0 Å². The highest BCUT2D eigenvalue weighted by molar-refractivity contribution is 7.98. The molecule has 0 amide bonds. The molecule has 0 aliphatic heterocycles. The van der Waals surface area contributed by atoms with Gasteiger partial charge >= 0.3 is 17.9 Å². The molecular formula is C21H47N4O8S2+3. The molecule has 0 bridgehead atoms. The Bertz CT molecular complexity index is 613. The summed E-state index contributed by atoms with van der Waals surface area (Å²) in [4.78, 5) is 40.8. The summed E-state index contributed by atoms with van der Waals surface area (Å²) < 4.78 is 4.62. The van der Waals surface area contributed by atoms with E-state index in [-0.39, 0.29) is 29.8 Å². The van der Waals surface area contributed by atoms with Crippen molar-refractivity contribution in [2.45, 2.75) is 35.9 Å². The lowest BCUT2D eigenvalue weighted by Crippen LogP contribution is -2.42. The summed E-state index contributed by atoms with van der Waals surface area (Å²) in [5.41, 5.74) is 0. The number of carboxylic acids is 3. The van der Waals surface area contributed by atoms with Gasteiger partial charge in [-0.05, 0) is 0 Å². The molecule has 0 spiro atoms. The number of aliphatic carboxylic acids is 3. The monoisotopic (exact) mass is 547 g/mol. The van der Waals surface area contributed by atoms with Crippen LogP contribution in [-0.2, 0) is 14.4 Å². The van der Waals surface area contributed by atoms with Gasteiger partial charge in [-0.15, -0.1) is 4.91 Å². The minimum Gasteiger partial charge on any atom is -0.481 e. The van der Waals surface area contributed by atoms with Crippen molar-refractivity contribution in [3.05, 3.63) is 4.91 Å². The Hall–Kier alpha value is -1.45. The summed E-state index contributed by atoms with van der Waals surface area (Å²) in [6, 6.07) is 0. The van der Waals surface area contributed by atoms with E-state index in [1.54, 1.807) is 0 Å². The Morgan fingerprint density at radius 2 is 1.09 bits per heavy atom. The first-order valence-corrected chi connectivity index (χ1v) is 12.2. The summed E-state index contributed by atoms with van der Waals surface area (Å²) in [5, 5.41) is 34.2. The summed E-state index contributed by atoms with van der Waals surface area (Å²) in [5.74, 6) is -2.63. The van der Waals surface area contributed by atoms with Gasteiger partial charge in [0, 0.05) is 16.5 Å². The Morgan fingerprint density at radius 1 is 0.714 bits per heavy atom. The third-order valence-electron chi connectivity index (χ3n) is 3.68. The Balaban J connectivity index is -0.000000441. The molecule has 0 saturated heterocycles. The van der Waals surface area contributed by atoms with Gasteiger partial charge in [-0.3, -0.25) is 14.4 Å². The maximum atomic E-state index is 10.4. The number of nitrogens with zero attached hydrogens (tertiary/aromatic N) is 4. The minimum atomic E-state index is -0.953. The van der Waals surface area contributed by atoms with E-state index in [2.05, 4.69) is 17.2 Å². The molecule has 0 unspecified atom stereocenters. The Kier molecular flexibility index (Phi) is 19.5. The maximum absolute atomic E-state index is 10.4. The predicted octanol–water partition coefficient (Wildman–Crippen LogP) is 0.944. The van der Waals surface area contributed by atoms with Crippen LogP contribution in [0.25, 0.3) is 0 Å². The molecular weight excluding hydrogens is 500 g/mol. The van der Waals surface area contributed by atoms with Gasteiger partial charge in [-0.25, -0.2) is 0 Å². The zero-order valence-corrected chi connectivity index (χ0v) is 24.3. The molecule has 14 heteroatoms. The number of thiol groups is 1. The molecule has 3 atom stereocenters. The summed E-state index contributed by atoms with van der Waals surface area (Å²) in [7, 11) is 17.6. The number of aliphatic hydroxyl groups excluding tert-OH is 1. The van der Waals surface area contributed by atoms with E-state index in [0.717, 1.165) is 23.0 Å². The highest BCUT2D eigenvalue weighted by Crippen LogP contribution is 2.17. The summed E-state index contributed by atoms with van der Waals surface area (Å²) in [6.45, 7) is 1.85. The fraction of sp³-hybridized carbons (Fsp3) is 0.857. The number of nitroso groups, excluding NO2 is 1. The van der Waals surface area contributed by atoms with E-state index in [1.165, 1.54) is 0 Å². The lowest BCUT2D eigenvalue weighted by molar-refractivity contribution is -0.873. The second-order valence-corrected chi connectivity index (χ2v) is 13.1. The molecule has 0 aromatic carbocycles. The standard InChI is InChI=1S/C7H14N2O3S.C7H15NO3.C7H15NO2S/c1-9(2,3)5-6(13-8-12)4-7(10)11;1-8(2,3)5-6(9)4-7(10)11;1-8(2,3)5-6(11)4-7(9)10/h6H,4-5H2,1-3H3;6,9H,4-5H2,1-3H3;6H,4-5H2,1-3H3,(H-,9,10,11)/p+3/t3*6-/m111/s1. The van der Waals surface area contributed by atoms with Gasteiger partial charge < -0.3 is 33.9 Å². The molecule has 12 nitrogen and oxygen atoms in total. The van der Waals surface area contributed by atoms with Gasteiger partial charge in [0.05, 0.1) is 106 Å². The zero-order valence-electron chi connectivity index (χ0n) is 22.5. The average Bonchev–Trinajstić information content (AvgIpc) is 2.48. The number of hydrogen-bond donors (Lipinski definition) is 5. The maximum Gasteiger partial charge on any atom is 0.306 e. The minimum absolute atomic E-state index is 0.0219. The van der Waals surface area contributed by atoms with E-state index in [1.807, 2.05) is 63.4 Å². The van der Waals surface area contributed by atoms with Gasteiger partial charge in [0.1, 0.15) is 12.6 Å². The van der Waals surface area contributed by atoms with Crippen molar-refractivity contribution >= 4 is 42.5 Å². The van der Waals surface area contributed by atoms with Crippen LogP contribution in [0.15, 0.2) is 4.58 Å². The second-order valence-electron chi connectivity index (χ2n) is 11.3. The number of hydrogen-bond acceptors (Lipinski definition) is 8. The Labute approximate surface area is 219 Å². The van der Waals surface area contributed by atoms with Crippen LogP contribution in [0.4, 0.5) is 0 Å². The average molecular weight is 548 g/mol. The predicted molar refractivity (Wildman–Crippen MR) is 141 cm³/mol. The normalized spacial score (nSPS) is 14.3. The number of aliphatic hydroxyl groups is 1. The van der Waals surface area contributed by atoms with E-state index in [4.69, 9.17) is 20.4 Å². The SMILES string of the molecule is C[N+](C)(C)C[C@@H](CC(=O)O)SN=O.C[N+](C)(C)C[C@H](O)CC(=O)O.C[N+](C)(C)C[C@H](S)CC(=O)O. The largest absolute Gasteiger partial charge is 0.481 e. The quantitative estimate of drug-likeness (QED) is 0.0922. The third-order valence-corrected chi connectivity index (χ3v) is 4.73. The van der Waals surface area contributed by atoms with E-state index in [9.17, 15) is 19.3 Å². The lowest BCUT2D eigenvalue weighted by atomic mass is 10.2. The van der Waals surface area contributed by atoms with Crippen LogP contribution >= 0.6 is 24.6 Å². The van der Waals surface area contributed by atoms with Gasteiger partial charge in [-0.1, -0.05) is 0 Å². The zero-order chi connectivity index (χ0) is 28.6. The van der Waals surface area contributed by atoms with Crippen molar-refractivity contribution in [2.24, 2.45) is 4.58 Å². The molecule has 0 heterocycles. The first-order chi connectivity index (χ1) is 15.5. The molecule has 208 valence electrons. The van der Waals surface area contributed by atoms with Crippen LogP contribution in [0.1, 0.15) is 19.3 Å². The van der Waals surface area contributed by atoms with E-state index < -0.39 is 24.0 Å². The van der Waals surface area contributed by atoms with Crippen LogP contribution in [0.5, 0.6) is 0 Å². The number of quaternary nitrogens is 3. The molecule has 0 aromatic heterocycles. The summed E-state index contributed by atoms with van der Waals surface area (Å²) >= 11 is 4.97. The smallest absolute Gasteiger partial charge is 0.306 e. The lowest BCUT2D eigenvalue weighted by Gasteiger charge is -2.26. The fourth-order valence-electron chi connectivity index (χ4n) is 2.80. The van der Waals surface area contributed by atoms with Crippen molar-refractivity contribution in [2.75, 3.05) is 83.1 Å². The topological polar surface area (TPSA) is 162 Å². The molecule has 0 radical (unpaired) electrons. The van der Waals surface area contributed by atoms with E-state index in [0.29, 0.717) is 22.1 Å². The van der Waals surface area contributed by atoms with Crippen molar-refractivity contribution in [1.82, 2.24) is 0 Å². The van der Waals surface area contributed by atoms with Gasteiger partial charge in [0.25, 0.3) is 0 Å². The highest BCUT2D eigenvalue weighted by atomic mass is 32.2. The highest BCUT2D eigenvalue weighted by Gasteiger charge is 2.22. The second kappa shape index (κ2) is 17.9. The molecule has 0 aliphatic carbocycles. The molecule has 0 rings (SSSR count). The van der Waals surface area contributed by atoms with E-state index >= 15 is 0 Å². The van der Waals surface area contributed by atoms with Gasteiger partial charge in [0.2, 0.25) is 0 Å². The number of rotatable bonds is 14. The number of carboxylic acid groups (broad SMARTS) is 3. The van der Waals surface area contributed by atoms with Crippen LogP contribution in [0, 0.1) is 4.91 Å². The van der Waals surface area contributed by atoms with Crippen LogP contribution < -0.4 is 0 Å². The first-order valence-electron chi connectivity index (χ1n) is 10.9. The fourth-order valence-corrected chi connectivity index (χ4v) is 4.30. The molecule has 0 saturated carbocycles. The first kappa shape index (κ1) is 38.1. The summed E-state index contributed by atoms with van der Waals surface area (Å²) in [6.07, 6.45) is -0.799. The molecule has 0 aliphatic rings. The van der Waals surface area contributed by atoms with Crippen molar-refractivity contribution < 1.29 is 48.3 Å². The molecule has 0 fully saturated rings. The molecule has 0 aromatic rings. The van der Waals surface area contributed by atoms with Crippen LogP contribution in [-0.4, -0.2) is 151 Å². The third kappa shape index (κ3) is 37.3. The van der Waals surface area contributed by atoms with Gasteiger partial charge in [0.15, 0.2) is 0 Å². The van der Waals surface area contributed by atoms with Crippen molar-refractivity contribution in [1.29, 1.82) is 0 Å². The molecule has 35 heavy (non-hydrogen) atoms. The molecule has 4 N–H and O–H groups in total. The van der Waals surface area contributed by atoms with Crippen molar-refractivity contribution in [3.63, 3.8) is 0 Å². The Morgan fingerprint density at radius 3 is 1.37 bits per heavy atom. The van der Waals surface area contributed by atoms with Gasteiger partial charge in [-0.2, -0.15) is 12.6 Å². The number of likely N-dealkylation sites (N-methyl/N-ethyl adjacent to an activating group) is 1. The van der Waals surface area contributed by atoms with Crippen LogP contribution in [0.2, 0.25) is 0 Å².